The number of nitrogens with zero attached hydrogens (tertiary/aromatic N) is 1. The van der Waals surface area contributed by atoms with Crippen molar-refractivity contribution in [3.8, 4) is 0 Å². The second kappa shape index (κ2) is 4.14. The van der Waals surface area contributed by atoms with Crippen molar-refractivity contribution in [3.05, 3.63) is 41.0 Å². The van der Waals surface area contributed by atoms with Crippen LogP contribution in [0.2, 0.25) is 5.02 Å². The van der Waals surface area contributed by atoms with Crippen molar-refractivity contribution in [1.82, 2.24) is 4.98 Å². The van der Waals surface area contributed by atoms with Crippen LogP contribution in [0.5, 0.6) is 0 Å². The van der Waals surface area contributed by atoms with Crippen LogP contribution >= 0.6 is 11.6 Å². The molecule has 1 aromatic carbocycles. The van der Waals surface area contributed by atoms with Gasteiger partial charge in [-0.15, -0.1) is 0 Å². The molecule has 3 N–H and O–H groups in total. The molecule has 0 radical (unpaired) electrons. The second-order valence-electron chi connectivity index (χ2n) is 3.29. The van der Waals surface area contributed by atoms with Crippen LogP contribution in [0.3, 0.4) is 0 Å². The first-order chi connectivity index (χ1) is 7.24. The van der Waals surface area contributed by atoms with E-state index in [1.54, 1.807) is 12.3 Å². The average Bonchev–Trinajstić information content (AvgIpc) is 2.28. The zero-order valence-electron chi connectivity index (χ0n) is 8.02. The topological polar surface area (TPSA) is 59.1 Å². The van der Waals surface area contributed by atoms with Crippen LogP contribution in [0.1, 0.15) is 11.7 Å². The maximum absolute atomic E-state index is 9.76. The van der Waals surface area contributed by atoms with Crippen molar-refractivity contribution in [2.24, 2.45) is 5.73 Å². The predicted octanol–water partition coefficient (Wildman–Crippen LogP) is 1.88. The normalized spacial score (nSPS) is 13.0. The lowest BCUT2D eigenvalue weighted by Crippen LogP contribution is -2.12. The molecule has 0 bridgehead atoms. The fourth-order valence-corrected chi connectivity index (χ4v) is 1.86. The van der Waals surface area contributed by atoms with Gasteiger partial charge in [-0.3, -0.25) is 4.98 Å². The minimum atomic E-state index is -0.768. The van der Waals surface area contributed by atoms with E-state index in [0.717, 1.165) is 5.39 Å². The van der Waals surface area contributed by atoms with Crippen LogP contribution < -0.4 is 5.73 Å². The summed E-state index contributed by atoms with van der Waals surface area (Å²) in [4.78, 5) is 4.21. The molecule has 0 unspecified atom stereocenters. The fourth-order valence-electron chi connectivity index (χ4n) is 1.58. The van der Waals surface area contributed by atoms with Gasteiger partial charge in [0.15, 0.2) is 0 Å². The lowest BCUT2D eigenvalue weighted by Gasteiger charge is -2.12. The first kappa shape index (κ1) is 10.4. The molecular formula is C11H11ClN2O. The van der Waals surface area contributed by atoms with Crippen LogP contribution in [0, 0.1) is 0 Å². The summed E-state index contributed by atoms with van der Waals surface area (Å²) in [6.45, 7) is 0.134. The van der Waals surface area contributed by atoms with Gasteiger partial charge in [0.05, 0.1) is 11.6 Å². The number of aliphatic hydroxyl groups is 1. The van der Waals surface area contributed by atoms with Gasteiger partial charge in [-0.1, -0.05) is 23.7 Å². The molecule has 0 spiro atoms. The van der Waals surface area contributed by atoms with Crippen molar-refractivity contribution in [2.45, 2.75) is 6.10 Å². The van der Waals surface area contributed by atoms with Gasteiger partial charge in [0.2, 0.25) is 0 Å². The van der Waals surface area contributed by atoms with Crippen LogP contribution in [-0.2, 0) is 0 Å². The zero-order valence-corrected chi connectivity index (χ0v) is 8.78. The number of rotatable bonds is 2. The first-order valence-corrected chi connectivity index (χ1v) is 5.03. The van der Waals surface area contributed by atoms with Gasteiger partial charge in [0.25, 0.3) is 0 Å². The quantitative estimate of drug-likeness (QED) is 0.816. The van der Waals surface area contributed by atoms with Crippen molar-refractivity contribution >= 4 is 22.5 Å². The summed E-state index contributed by atoms with van der Waals surface area (Å²) in [7, 11) is 0. The van der Waals surface area contributed by atoms with E-state index in [9.17, 15) is 5.11 Å². The largest absolute Gasteiger partial charge is 0.387 e. The van der Waals surface area contributed by atoms with Crippen molar-refractivity contribution in [1.29, 1.82) is 0 Å². The highest BCUT2D eigenvalue weighted by molar-refractivity contribution is 6.32. The number of hydrogen-bond acceptors (Lipinski definition) is 3. The Labute approximate surface area is 92.5 Å². The maximum atomic E-state index is 9.76. The molecule has 0 saturated carbocycles. The number of pyridine rings is 1. The highest BCUT2D eigenvalue weighted by Crippen LogP contribution is 2.29. The van der Waals surface area contributed by atoms with Crippen molar-refractivity contribution in [2.75, 3.05) is 6.54 Å². The summed E-state index contributed by atoms with van der Waals surface area (Å²) in [5.41, 5.74) is 6.75. The maximum Gasteiger partial charge on any atom is 0.0947 e. The summed E-state index contributed by atoms with van der Waals surface area (Å²) in [6, 6.07) is 7.39. The van der Waals surface area contributed by atoms with Crippen LogP contribution in [0.15, 0.2) is 30.5 Å². The lowest BCUT2D eigenvalue weighted by atomic mass is 10.0. The van der Waals surface area contributed by atoms with Gasteiger partial charge in [0.1, 0.15) is 0 Å². The minimum absolute atomic E-state index is 0.134. The van der Waals surface area contributed by atoms with Gasteiger partial charge >= 0.3 is 0 Å². The SMILES string of the molecule is NC[C@@H](O)c1c(Cl)ccc2cccnc12. The van der Waals surface area contributed by atoms with Crippen molar-refractivity contribution < 1.29 is 5.11 Å². The minimum Gasteiger partial charge on any atom is -0.387 e. The van der Waals surface area contributed by atoms with E-state index in [0.29, 0.717) is 16.1 Å². The van der Waals surface area contributed by atoms with E-state index >= 15 is 0 Å². The Balaban J connectivity index is 2.74. The molecular weight excluding hydrogens is 212 g/mol. The monoisotopic (exact) mass is 222 g/mol. The Bertz CT molecular complexity index is 487. The molecule has 4 heteroatoms. The Morgan fingerprint density at radius 3 is 2.93 bits per heavy atom. The number of aromatic nitrogens is 1. The molecule has 0 saturated heterocycles. The Hall–Kier alpha value is -1.16. The van der Waals surface area contributed by atoms with E-state index in [1.807, 2.05) is 18.2 Å². The van der Waals surface area contributed by atoms with E-state index < -0.39 is 6.10 Å². The second-order valence-corrected chi connectivity index (χ2v) is 3.69. The molecule has 2 aromatic rings. The average molecular weight is 223 g/mol. The molecule has 0 fully saturated rings. The highest BCUT2D eigenvalue weighted by Gasteiger charge is 2.14. The summed E-state index contributed by atoms with van der Waals surface area (Å²) in [6.07, 6.45) is 0.905. The molecule has 0 aliphatic carbocycles. The summed E-state index contributed by atoms with van der Waals surface area (Å²) < 4.78 is 0. The number of hydrogen-bond donors (Lipinski definition) is 2. The van der Waals surface area contributed by atoms with Gasteiger partial charge < -0.3 is 10.8 Å². The lowest BCUT2D eigenvalue weighted by molar-refractivity contribution is 0.188. The van der Waals surface area contributed by atoms with E-state index in [-0.39, 0.29) is 6.54 Å². The Morgan fingerprint density at radius 1 is 1.40 bits per heavy atom. The Morgan fingerprint density at radius 2 is 2.20 bits per heavy atom. The standard InChI is InChI=1S/C11H11ClN2O/c12-8-4-3-7-2-1-5-14-11(7)10(8)9(15)6-13/h1-5,9,15H,6,13H2/t9-/m1/s1. The van der Waals surface area contributed by atoms with Crippen molar-refractivity contribution in [3.63, 3.8) is 0 Å². The van der Waals surface area contributed by atoms with Crippen LogP contribution in [0.4, 0.5) is 0 Å². The van der Waals surface area contributed by atoms with E-state index in [1.165, 1.54) is 0 Å². The van der Waals surface area contributed by atoms with E-state index in [2.05, 4.69) is 4.98 Å². The summed E-state index contributed by atoms with van der Waals surface area (Å²) in [5, 5.41) is 11.2. The third-order valence-corrected chi connectivity index (χ3v) is 2.65. The van der Waals surface area contributed by atoms with Gasteiger partial charge in [-0.05, 0) is 12.1 Å². The van der Waals surface area contributed by atoms with Gasteiger partial charge in [-0.25, -0.2) is 0 Å². The number of nitrogens with two attached hydrogens (primary N) is 1. The highest BCUT2D eigenvalue weighted by atomic mass is 35.5. The fraction of sp³-hybridized carbons (Fsp3) is 0.182. The summed E-state index contributed by atoms with van der Waals surface area (Å²) in [5.74, 6) is 0. The van der Waals surface area contributed by atoms with E-state index in [4.69, 9.17) is 17.3 Å². The first-order valence-electron chi connectivity index (χ1n) is 4.65. The molecule has 0 aliphatic heterocycles. The molecule has 15 heavy (non-hydrogen) atoms. The number of fused-ring (bicyclic) bond motifs is 1. The molecule has 3 nitrogen and oxygen atoms in total. The molecule has 0 amide bonds. The smallest absolute Gasteiger partial charge is 0.0947 e. The third kappa shape index (κ3) is 1.81. The number of benzene rings is 1. The molecule has 2 rings (SSSR count). The molecule has 1 aromatic heterocycles. The van der Waals surface area contributed by atoms with Gasteiger partial charge in [-0.2, -0.15) is 0 Å². The molecule has 0 aliphatic rings. The zero-order chi connectivity index (χ0) is 10.8. The van der Waals surface area contributed by atoms with Crippen LogP contribution in [-0.4, -0.2) is 16.6 Å². The predicted molar refractivity (Wildman–Crippen MR) is 60.8 cm³/mol. The Kier molecular flexibility index (Phi) is 2.86. The third-order valence-electron chi connectivity index (χ3n) is 2.32. The molecule has 1 atom stereocenters. The molecule has 1 heterocycles. The van der Waals surface area contributed by atoms with Crippen LogP contribution in [0.25, 0.3) is 10.9 Å². The number of halogens is 1. The number of aliphatic hydroxyl groups excluding tert-OH is 1. The summed E-state index contributed by atoms with van der Waals surface area (Å²) >= 11 is 6.02. The molecule has 78 valence electrons. The van der Waals surface area contributed by atoms with Gasteiger partial charge in [0, 0.05) is 28.7 Å².